The molecule has 0 N–H and O–H groups in total. The summed E-state index contributed by atoms with van der Waals surface area (Å²) in [4.78, 5) is 10.0. The highest BCUT2D eigenvalue weighted by molar-refractivity contribution is 7.01. The Morgan fingerprint density at radius 2 is 0.566 bits per heavy atom. The number of rotatable bonds is 7. The second kappa shape index (κ2) is 21.8. The fraction of sp³-hybridized carbons (Fsp3) is 0. The van der Waals surface area contributed by atoms with Gasteiger partial charge < -0.3 is 37.3 Å². The zero-order valence-electron chi connectivity index (χ0n) is 56.9. The van der Waals surface area contributed by atoms with Crippen LogP contribution in [0.3, 0.4) is 0 Å². The summed E-state index contributed by atoms with van der Waals surface area (Å²) in [6.07, 6.45) is 0. The first-order chi connectivity index (χ1) is 52.6. The summed E-state index contributed by atoms with van der Waals surface area (Å²) in [6, 6.07) is 124. The molecule has 0 bridgehead atoms. The number of anilines is 12. The molecule has 0 radical (unpaired) electrons. The molecule has 0 atom stereocenters. The lowest BCUT2D eigenvalue weighted by molar-refractivity contribution is 0.668. The van der Waals surface area contributed by atoms with Crippen LogP contribution in [0, 0.1) is 0 Å². The topological polar surface area (TPSA) is 65.5 Å². The van der Waals surface area contributed by atoms with E-state index < -0.39 is 0 Å². The molecule has 0 fully saturated rings. The molecular weight excluding hydrogens is 1290 g/mol. The van der Waals surface area contributed by atoms with Crippen molar-refractivity contribution in [2.75, 3.05) is 19.6 Å². The van der Waals surface area contributed by atoms with Gasteiger partial charge >= 0.3 is 0 Å². The maximum atomic E-state index is 7.10. The third-order valence-electron chi connectivity index (χ3n) is 23.0. The molecule has 0 amide bonds. The van der Waals surface area contributed by atoms with E-state index in [2.05, 4.69) is 341 Å². The van der Waals surface area contributed by atoms with Crippen molar-refractivity contribution in [2.45, 2.75) is 0 Å². The second-order valence-corrected chi connectivity index (χ2v) is 28.5. The molecule has 0 unspecified atom stereocenters. The van der Waals surface area contributed by atoms with Crippen molar-refractivity contribution in [1.82, 2.24) is 0 Å². The Labute approximate surface area is 608 Å². The maximum absolute atomic E-state index is 7.10. The van der Waals surface area contributed by atoms with Crippen LogP contribution in [0.25, 0.3) is 121 Å². The molecule has 4 aromatic heterocycles. The molecule has 0 saturated heterocycles. The lowest BCUT2D eigenvalue weighted by Gasteiger charge is -2.45. The maximum Gasteiger partial charge on any atom is 0.252 e. The van der Waals surface area contributed by atoms with Crippen molar-refractivity contribution >= 4 is 202 Å². The molecule has 4 aliphatic rings. The molecule has 8 heterocycles. The fourth-order valence-corrected chi connectivity index (χ4v) is 18.5. The van der Waals surface area contributed by atoms with Crippen LogP contribution in [0.5, 0.6) is 0 Å². The van der Waals surface area contributed by atoms with Crippen molar-refractivity contribution in [3.63, 3.8) is 0 Å². The Bertz CT molecular complexity index is 6990. The van der Waals surface area contributed by atoms with Crippen molar-refractivity contribution in [2.24, 2.45) is 0 Å². The number of hydrogen-bond acceptors (Lipinski definition) is 8. The minimum absolute atomic E-state index is 0.0752. The predicted molar refractivity (Wildman–Crippen MR) is 440 cm³/mol. The van der Waals surface area contributed by atoms with E-state index in [0.29, 0.717) is 0 Å². The lowest BCUT2D eigenvalue weighted by atomic mass is 9.32. The number of para-hydroxylation sites is 8. The average Bonchev–Trinajstić information content (AvgIpc) is 0.791. The predicted octanol–water partition coefficient (Wildman–Crippen LogP) is 22.5. The number of benzene rings is 16. The molecule has 106 heavy (non-hydrogen) atoms. The largest absolute Gasteiger partial charge is 0.456 e. The lowest BCUT2D eigenvalue weighted by Crippen LogP contribution is -2.61. The number of fused-ring (bicyclic) bond motifs is 20. The Kier molecular flexibility index (Phi) is 11.9. The summed E-state index contributed by atoms with van der Waals surface area (Å²) in [6.45, 7) is -0.286. The third-order valence-corrected chi connectivity index (χ3v) is 23.0. The van der Waals surface area contributed by atoms with Gasteiger partial charge in [-0.25, -0.2) is 0 Å². The van der Waals surface area contributed by atoms with E-state index in [1.54, 1.807) is 0 Å². The van der Waals surface area contributed by atoms with Crippen LogP contribution in [-0.2, 0) is 0 Å². The zero-order chi connectivity index (χ0) is 69.0. The molecule has 0 spiro atoms. The summed E-state index contributed by atoms with van der Waals surface area (Å²) in [7, 11) is 0. The standard InChI is InChI=1S/C96H56B2N4O4/c1-2-20-57(21-3-1)60-50-84-95-85(53-60)102(81-35-19-27-71-67-23-5-17-39-89(67)106-96(71)81)80-34-18-26-65(93(80)98(95)76-30-10-13-33-79(76)101(84)64-44-47-70-66-22-4-14-36-86(66)105-92(70)56-64)59-42-40-58(41-43-59)61-51-82-94-83(52-61)100(63-46-49-91-73(55-63)69-25-7-16-38-88(69)104-91)78-32-12-9-29-75(78)97(94)74-28-8-11-31-77(74)99(82)62-45-48-90-72(54-62)68-24-6-15-37-87(68)103-90/h1-56H. The van der Waals surface area contributed by atoms with Gasteiger partial charge in [0.05, 0.1) is 5.69 Å². The summed E-state index contributed by atoms with van der Waals surface area (Å²) < 4.78 is 26.9. The first-order valence-corrected chi connectivity index (χ1v) is 36.3. The molecule has 0 saturated carbocycles. The van der Waals surface area contributed by atoms with E-state index >= 15 is 0 Å². The number of hydrogen-bond donors (Lipinski definition) is 0. The van der Waals surface area contributed by atoms with Crippen LogP contribution < -0.4 is 52.4 Å². The van der Waals surface area contributed by atoms with Crippen molar-refractivity contribution in [3.05, 3.63) is 340 Å². The zero-order valence-corrected chi connectivity index (χ0v) is 56.9. The second-order valence-electron chi connectivity index (χ2n) is 28.5. The van der Waals surface area contributed by atoms with E-state index in [9.17, 15) is 0 Å². The number of nitrogens with zero attached hydrogens (tertiary/aromatic N) is 4. The minimum atomic E-state index is -0.211. The Balaban J connectivity index is 0.733. The van der Waals surface area contributed by atoms with Crippen LogP contribution in [0.4, 0.5) is 68.2 Å². The summed E-state index contributed by atoms with van der Waals surface area (Å²) >= 11 is 0. The van der Waals surface area contributed by atoms with Crippen molar-refractivity contribution < 1.29 is 17.7 Å². The monoisotopic (exact) mass is 1350 g/mol. The summed E-state index contributed by atoms with van der Waals surface area (Å²) in [5.74, 6) is 0. The van der Waals surface area contributed by atoms with Gasteiger partial charge in [0, 0.05) is 112 Å². The van der Waals surface area contributed by atoms with Gasteiger partial charge in [0.1, 0.15) is 39.1 Å². The van der Waals surface area contributed by atoms with Crippen LogP contribution in [0.2, 0.25) is 0 Å². The Hall–Kier alpha value is -14.0. The highest BCUT2D eigenvalue weighted by atomic mass is 16.3. The molecule has 24 rings (SSSR count). The smallest absolute Gasteiger partial charge is 0.252 e. The summed E-state index contributed by atoms with van der Waals surface area (Å²) in [5.41, 5.74) is 33.8. The van der Waals surface area contributed by atoms with Crippen molar-refractivity contribution in [1.29, 1.82) is 0 Å². The van der Waals surface area contributed by atoms with Gasteiger partial charge in [-0.1, -0.05) is 206 Å². The molecule has 16 aromatic carbocycles. The van der Waals surface area contributed by atoms with Gasteiger partial charge in [0.25, 0.3) is 13.4 Å². The van der Waals surface area contributed by atoms with Gasteiger partial charge in [-0.15, -0.1) is 0 Å². The SMILES string of the molecule is c1ccc(-c2cc3c4c(c2)N(c2cccc5c2oc2ccccc25)c2cccc(-c5ccc(-c6cc7c8c(c6)N(c6ccc9oc%10ccccc%10c9c6)c6ccccc6B8c6ccccc6N7c6ccc7oc8ccccc8c7c6)cc5)c2B4c2ccccc2N3c2ccc3c(c2)oc2ccccc23)cc1. The quantitative estimate of drug-likeness (QED) is 0.146. The first-order valence-electron chi connectivity index (χ1n) is 36.3. The van der Waals surface area contributed by atoms with Gasteiger partial charge in [-0.2, -0.15) is 0 Å². The van der Waals surface area contributed by atoms with E-state index in [-0.39, 0.29) is 13.4 Å². The van der Waals surface area contributed by atoms with E-state index in [1.165, 1.54) is 32.8 Å². The normalized spacial score (nSPS) is 13.4. The third kappa shape index (κ3) is 8.15. The number of furan rings is 4. The highest BCUT2D eigenvalue weighted by Gasteiger charge is 2.47. The van der Waals surface area contributed by atoms with Gasteiger partial charge in [-0.3, -0.25) is 0 Å². The first kappa shape index (κ1) is 57.7. The fourth-order valence-electron chi connectivity index (χ4n) is 18.5. The Morgan fingerprint density at radius 3 is 1.14 bits per heavy atom. The molecule has 0 aliphatic carbocycles. The highest BCUT2D eigenvalue weighted by Crippen LogP contribution is 2.52. The van der Waals surface area contributed by atoms with E-state index in [0.717, 1.165) is 189 Å². The van der Waals surface area contributed by atoms with Crippen LogP contribution >= 0.6 is 0 Å². The molecule has 20 aromatic rings. The van der Waals surface area contributed by atoms with E-state index in [4.69, 9.17) is 17.7 Å². The summed E-state index contributed by atoms with van der Waals surface area (Å²) in [5, 5.41) is 8.66. The van der Waals surface area contributed by atoms with E-state index in [1.807, 2.05) is 18.2 Å². The van der Waals surface area contributed by atoms with Crippen LogP contribution in [-0.4, -0.2) is 13.4 Å². The molecule has 490 valence electrons. The van der Waals surface area contributed by atoms with Crippen LogP contribution in [0.1, 0.15) is 0 Å². The molecular formula is C96H56B2N4O4. The van der Waals surface area contributed by atoms with Gasteiger partial charge in [0.15, 0.2) is 5.58 Å². The Morgan fingerprint density at radius 1 is 0.189 bits per heavy atom. The van der Waals surface area contributed by atoms with Crippen LogP contribution in [0.15, 0.2) is 357 Å². The van der Waals surface area contributed by atoms with Gasteiger partial charge in [-0.05, 0) is 194 Å². The van der Waals surface area contributed by atoms with Gasteiger partial charge in [0.2, 0.25) is 0 Å². The minimum Gasteiger partial charge on any atom is -0.456 e. The molecule has 10 heteroatoms. The molecule has 4 aliphatic heterocycles. The average molecular weight is 1350 g/mol. The van der Waals surface area contributed by atoms with Crippen molar-refractivity contribution in [3.8, 4) is 33.4 Å². The molecule has 8 nitrogen and oxygen atoms in total.